The molecule has 12 unspecified atom stereocenters. The monoisotopic (exact) mass is 826 g/mol. The smallest absolute Gasteiger partial charge is 0.220 e. The molecule has 58 heavy (non-hydrogen) atoms. The van der Waals surface area contributed by atoms with Gasteiger partial charge in [-0.25, -0.2) is 0 Å². The van der Waals surface area contributed by atoms with Crippen molar-refractivity contribution in [3.05, 3.63) is 60.8 Å². The Balaban J connectivity index is 1.72. The Morgan fingerprint density at radius 2 is 1.19 bits per heavy atom. The molecule has 2 fully saturated rings. The van der Waals surface area contributed by atoms with E-state index in [9.17, 15) is 45.6 Å². The van der Waals surface area contributed by atoms with Crippen molar-refractivity contribution in [1.82, 2.24) is 5.32 Å². The Morgan fingerprint density at radius 1 is 0.638 bits per heavy atom. The SMILES string of the molecule is CC/C=C\C/C=C\C/C=C\C/C=C\CCCCCCCCCCC(=O)NC(COC1OC(CO)C(OC2OC(CO)C(O)C(O)C2O)C(O)C1O)C(O)/C=C/CCC. The van der Waals surface area contributed by atoms with Crippen molar-refractivity contribution in [2.45, 2.75) is 190 Å². The number of carbonyl (C=O) groups excluding carboxylic acids is 1. The van der Waals surface area contributed by atoms with E-state index in [1.54, 1.807) is 12.2 Å². The maximum absolute atomic E-state index is 12.9. The van der Waals surface area contributed by atoms with Crippen LogP contribution in [-0.2, 0) is 23.7 Å². The highest BCUT2D eigenvalue weighted by Crippen LogP contribution is 2.29. The highest BCUT2D eigenvalue weighted by Gasteiger charge is 2.50. The van der Waals surface area contributed by atoms with Gasteiger partial charge in [-0.2, -0.15) is 0 Å². The molecule has 334 valence electrons. The molecule has 0 bridgehead atoms. The predicted molar refractivity (Wildman–Crippen MR) is 221 cm³/mol. The zero-order valence-corrected chi connectivity index (χ0v) is 34.8. The van der Waals surface area contributed by atoms with Crippen LogP contribution in [0.4, 0.5) is 0 Å². The maximum Gasteiger partial charge on any atom is 0.220 e. The van der Waals surface area contributed by atoms with E-state index in [0.717, 1.165) is 64.2 Å². The van der Waals surface area contributed by atoms with Gasteiger partial charge in [0.05, 0.1) is 32.0 Å². The van der Waals surface area contributed by atoms with Gasteiger partial charge >= 0.3 is 0 Å². The summed E-state index contributed by atoms with van der Waals surface area (Å²) in [4.78, 5) is 12.9. The van der Waals surface area contributed by atoms with Crippen LogP contribution in [0.15, 0.2) is 60.8 Å². The fourth-order valence-corrected chi connectivity index (χ4v) is 6.64. The van der Waals surface area contributed by atoms with E-state index in [0.29, 0.717) is 12.8 Å². The van der Waals surface area contributed by atoms with Crippen LogP contribution in [0.5, 0.6) is 0 Å². The van der Waals surface area contributed by atoms with Gasteiger partial charge in [0.1, 0.15) is 48.8 Å². The molecular weight excluding hydrogens is 750 g/mol. The number of nitrogens with one attached hydrogen (secondary N) is 1. The van der Waals surface area contributed by atoms with Gasteiger partial charge in [-0.15, -0.1) is 0 Å². The number of aliphatic hydroxyl groups is 8. The fourth-order valence-electron chi connectivity index (χ4n) is 6.64. The first-order chi connectivity index (χ1) is 28.1. The summed E-state index contributed by atoms with van der Waals surface area (Å²) in [6, 6.07) is -0.916. The number of unbranched alkanes of at least 4 members (excludes halogenated alkanes) is 9. The van der Waals surface area contributed by atoms with Gasteiger partial charge < -0.3 is 65.1 Å². The maximum atomic E-state index is 12.9. The fraction of sp³-hybridized carbons (Fsp3) is 0.750. The van der Waals surface area contributed by atoms with E-state index >= 15 is 0 Å². The molecule has 2 saturated heterocycles. The van der Waals surface area contributed by atoms with Crippen LogP contribution in [0.3, 0.4) is 0 Å². The van der Waals surface area contributed by atoms with E-state index in [1.807, 2.05) is 6.92 Å². The number of amides is 1. The Bertz CT molecular complexity index is 1210. The molecule has 14 heteroatoms. The third-order valence-electron chi connectivity index (χ3n) is 10.2. The first-order valence-electron chi connectivity index (χ1n) is 21.5. The minimum atomic E-state index is -1.79. The summed E-state index contributed by atoms with van der Waals surface area (Å²) in [7, 11) is 0. The van der Waals surface area contributed by atoms with Crippen molar-refractivity contribution < 1.29 is 64.6 Å². The van der Waals surface area contributed by atoms with Gasteiger partial charge in [0.25, 0.3) is 0 Å². The number of hydrogen-bond acceptors (Lipinski definition) is 13. The molecule has 0 saturated carbocycles. The molecular formula is C44H75NO13. The van der Waals surface area contributed by atoms with Crippen molar-refractivity contribution in [2.75, 3.05) is 19.8 Å². The third kappa shape index (κ3) is 19.8. The van der Waals surface area contributed by atoms with Gasteiger partial charge in [0, 0.05) is 6.42 Å². The lowest BCUT2D eigenvalue weighted by molar-refractivity contribution is -0.359. The highest BCUT2D eigenvalue weighted by molar-refractivity contribution is 5.76. The van der Waals surface area contributed by atoms with Crippen molar-refractivity contribution >= 4 is 5.91 Å². The summed E-state index contributed by atoms with van der Waals surface area (Å²) in [5, 5.41) is 85.6. The number of carbonyl (C=O) groups is 1. The van der Waals surface area contributed by atoms with Gasteiger partial charge in [-0.1, -0.05) is 120 Å². The molecule has 0 spiro atoms. The molecule has 2 aliphatic rings. The first kappa shape index (κ1) is 51.8. The number of ether oxygens (including phenoxy) is 4. The normalized spacial score (nSPS) is 29.4. The Kier molecular flexibility index (Phi) is 28.2. The Morgan fingerprint density at radius 3 is 1.79 bits per heavy atom. The molecule has 0 aliphatic carbocycles. The second-order valence-corrected chi connectivity index (χ2v) is 15.1. The van der Waals surface area contributed by atoms with Gasteiger partial charge in [0.2, 0.25) is 5.91 Å². The average molecular weight is 826 g/mol. The zero-order chi connectivity index (χ0) is 42.5. The van der Waals surface area contributed by atoms with Crippen LogP contribution >= 0.6 is 0 Å². The molecule has 9 N–H and O–H groups in total. The summed E-state index contributed by atoms with van der Waals surface area (Å²) in [5.74, 6) is -0.265. The lowest BCUT2D eigenvalue weighted by Crippen LogP contribution is -2.65. The van der Waals surface area contributed by atoms with Crippen LogP contribution in [0.2, 0.25) is 0 Å². The standard InChI is InChI=1S/C44H75NO13/c1-3-5-7-8-9-10-11-12-13-14-15-16-17-18-19-20-21-22-23-24-26-28-36(49)45-32(33(48)27-25-6-4-2)31-55-43-41(54)39(52)42(35(30-47)57-43)58-44-40(53)38(51)37(50)34(29-46)56-44/h5,7,9-10,12-13,15-16,25,27,32-35,37-44,46-48,50-54H,3-4,6,8,11,14,17-24,26,28-31H2,1-2H3,(H,45,49)/b7-5-,10-9-,13-12-,16-15-,27-25+. The van der Waals surface area contributed by atoms with Gasteiger partial charge in [-0.3, -0.25) is 4.79 Å². The lowest BCUT2D eigenvalue weighted by Gasteiger charge is -2.46. The third-order valence-corrected chi connectivity index (χ3v) is 10.2. The summed E-state index contributed by atoms with van der Waals surface area (Å²) in [6.45, 7) is 2.40. The van der Waals surface area contributed by atoms with E-state index in [-0.39, 0.29) is 18.9 Å². The van der Waals surface area contributed by atoms with Crippen molar-refractivity contribution in [3.63, 3.8) is 0 Å². The Labute approximate surface area is 345 Å². The van der Waals surface area contributed by atoms with Crippen LogP contribution in [-0.4, -0.2) is 140 Å². The largest absolute Gasteiger partial charge is 0.394 e. The van der Waals surface area contributed by atoms with Crippen LogP contribution in [0, 0.1) is 0 Å². The number of hydrogen-bond donors (Lipinski definition) is 9. The lowest BCUT2D eigenvalue weighted by atomic mass is 9.97. The second-order valence-electron chi connectivity index (χ2n) is 15.1. The van der Waals surface area contributed by atoms with Crippen LogP contribution in [0.25, 0.3) is 0 Å². The molecule has 2 rings (SSSR count). The summed E-state index contributed by atoms with van der Waals surface area (Å²) < 4.78 is 22.4. The molecule has 0 aromatic rings. The zero-order valence-electron chi connectivity index (χ0n) is 34.8. The van der Waals surface area contributed by atoms with E-state index in [1.165, 1.54) is 19.3 Å². The minimum Gasteiger partial charge on any atom is -0.394 e. The Hall–Kier alpha value is -2.31. The predicted octanol–water partition coefficient (Wildman–Crippen LogP) is 3.54. The van der Waals surface area contributed by atoms with E-state index < -0.39 is 86.8 Å². The number of aliphatic hydroxyl groups excluding tert-OH is 8. The molecule has 0 aromatic heterocycles. The molecule has 0 aromatic carbocycles. The first-order valence-corrected chi connectivity index (χ1v) is 21.5. The molecule has 1 amide bonds. The highest BCUT2D eigenvalue weighted by atomic mass is 16.7. The molecule has 12 atom stereocenters. The van der Waals surface area contributed by atoms with E-state index in [2.05, 4.69) is 60.8 Å². The van der Waals surface area contributed by atoms with Crippen molar-refractivity contribution in [1.29, 1.82) is 0 Å². The summed E-state index contributed by atoms with van der Waals surface area (Å²) in [5.41, 5.74) is 0. The molecule has 0 radical (unpaired) electrons. The molecule has 14 nitrogen and oxygen atoms in total. The average Bonchev–Trinajstić information content (AvgIpc) is 3.22. The van der Waals surface area contributed by atoms with Crippen molar-refractivity contribution in [3.8, 4) is 0 Å². The van der Waals surface area contributed by atoms with Gasteiger partial charge in [-0.05, 0) is 51.4 Å². The summed E-state index contributed by atoms with van der Waals surface area (Å²) in [6.07, 6.45) is 19.5. The van der Waals surface area contributed by atoms with Crippen LogP contribution < -0.4 is 5.32 Å². The number of allylic oxidation sites excluding steroid dienone is 9. The molecule has 2 heterocycles. The van der Waals surface area contributed by atoms with Crippen molar-refractivity contribution in [2.24, 2.45) is 0 Å². The number of rotatable bonds is 30. The van der Waals surface area contributed by atoms with E-state index in [4.69, 9.17) is 18.9 Å². The topological polar surface area (TPSA) is 228 Å². The second kappa shape index (κ2) is 31.5. The van der Waals surface area contributed by atoms with Crippen LogP contribution in [0.1, 0.15) is 117 Å². The quantitative estimate of drug-likeness (QED) is 0.0374. The van der Waals surface area contributed by atoms with Gasteiger partial charge in [0.15, 0.2) is 12.6 Å². The summed E-state index contributed by atoms with van der Waals surface area (Å²) >= 11 is 0. The molecule has 2 aliphatic heterocycles. The minimum absolute atomic E-state index is 0.265.